The first kappa shape index (κ1) is 21.5. The maximum absolute atomic E-state index is 12.9. The molecule has 0 atom stereocenters. The number of anilines is 1. The average Bonchev–Trinajstić information content (AvgIpc) is 2.80. The van der Waals surface area contributed by atoms with E-state index in [4.69, 9.17) is 4.74 Å². The van der Waals surface area contributed by atoms with Gasteiger partial charge in [0.2, 0.25) is 0 Å². The number of amides is 2. The lowest BCUT2D eigenvalue weighted by atomic mass is 10.1. The average molecular weight is 414 g/mol. The predicted octanol–water partition coefficient (Wildman–Crippen LogP) is 4.31. The van der Waals surface area contributed by atoms with Crippen molar-refractivity contribution in [2.24, 2.45) is 0 Å². The molecule has 0 saturated carbocycles. The molecule has 0 aliphatic carbocycles. The van der Waals surface area contributed by atoms with Crippen molar-refractivity contribution in [3.63, 3.8) is 0 Å². The van der Waals surface area contributed by atoms with E-state index in [9.17, 15) is 14.4 Å². The fourth-order valence-electron chi connectivity index (χ4n) is 2.80. The van der Waals surface area contributed by atoms with Gasteiger partial charge in [0, 0.05) is 16.8 Å². The topological polar surface area (TPSA) is 84.5 Å². The highest BCUT2D eigenvalue weighted by atomic mass is 16.5. The Morgan fingerprint density at radius 3 is 2.03 bits per heavy atom. The second-order valence-electron chi connectivity index (χ2n) is 6.74. The van der Waals surface area contributed by atoms with Gasteiger partial charge >= 0.3 is 0 Å². The molecule has 0 unspecified atom stereocenters. The van der Waals surface area contributed by atoms with Crippen LogP contribution >= 0.6 is 0 Å². The summed E-state index contributed by atoms with van der Waals surface area (Å²) in [4.78, 5) is 37.0. The molecule has 0 saturated heterocycles. The van der Waals surface area contributed by atoms with Crippen LogP contribution < -0.4 is 15.4 Å². The van der Waals surface area contributed by atoms with Gasteiger partial charge in [-0.2, -0.15) is 0 Å². The number of hydrogen-bond acceptors (Lipinski definition) is 4. The summed E-state index contributed by atoms with van der Waals surface area (Å²) in [7, 11) is 1.57. The van der Waals surface area contributed by atoms with Gasteiger partial charge < -0.3 is 15.4 Å². The summed E-state index contributed by atoms with van der Waals surface area (Å²) in [6.07, 6.45) is 1.58. The van der Waals surface area contributed by atoms with Crippen LogP contribution in [0.5, 0.6) is 5.75 Å². The number of benzene rings is 3. The molecule has 0 radical (unpaired) electrons. The SMILES string of the molecule is COc1ccc(/C=C(/NC(=O)c2ccccc2)C(=O)Nc2ccc(C(C)=O)cc2)cc1. The molecule has 3 aromatic rings. The van der Waals surface area contributed by atoms with Crippen LogP contribution in [0.4, 0.5) is 5.69 Å². The zero-order chi connectivity index (χ0) is 22.2. The van der Waals surface area contributed by atoms with E-state index in [1.165, 1.54) is 6.92 Å². The number of ketones is 1. The maximum Gasteiger partial charge on any atom is 0.272 e. The molecule has 2 amide bonds. The molecule has 0 spiro atoms. The molecule has 3 aromatic carbocycles. The first-order valence-corrected chi connectivity index (χ1v) is 9.61. The van der Waals surface area contributed by atoms with Gasteiger partial charge in [0.05, 0.1) is 7.11 Å². The number of methoxy groups -OCH3 is 1. The quantitative estimate of drug-likeness (QED) is 0.446. The van der Waals surface area contributed by atoms with Gasteiger partial charge in [-0.3, -0.25) is 14.4 Å². The number of carbonyl (C=O) groups is 3. The smallest absolute Gasteiger partial charge is 0.272 e. The molecule has 0 aromatic heterocycles. The second-order valence-corrected chi connectivity index (χ2v) is 6.74. The van der Waals surface area contributed by atoms with E-state index in [1.807, 2.05) is 6.07 Å². The van der Waals surface area contributed by atoms with Crippen LogP contribution in [0.1, 0.15) is 33.2 Å². The normalized spacial score (nSPS) is 10.8. The number of hydrogen-bond donors (Lipinski definition) is 2. The Hall–Kier alpha value is -4.19. The van der Waals surface area contributed by atoms with Gasteiger partial charge in [-0.25, -0.2) is 0 Å². The van der Waals surface area contributed by atoms with Crippen LogP contribution in [0.15, 0.2) is 84.6 Å². The molecule has 0 aliphatic heterocycles. The van der Waals surface area contributed by atoms with Gasteiger partial charge in [-0.05, 0) is 67.1 Å². The van der Waals surface area contributed by atoms with Crippen molar-refractivity contribution in [3.05, 3.63) is 101 Å². The van der Waals surface area contributed by atoms with E-state index in [0.717, 1.165) is 0 Å². The minimum atomic E-state index is -0.490. The molecule has 0 bridgehead atoms. The number of Topliss-reactive ketones (excluding diaryl/α,β-unsaturated/α-hetero) is 1. The summed E-state index contributed by atoms with van der Waals surface area (Å²) in [5.41, 5.74) is 2.27. The van der Waals surface area contributed by atoms with Gasteiger partial charge in [-0.1, -0.05) is 30.3 Å². The highest BCUT2D eigenvalue weighted by Gasteiger charge is 2.15. The van der Waals surface area contributed by atoms with Gasteiger partial charge in [0.1, 0.15) is 11.4 Å². The first-order valence-electron chi connectivity index (χ1n) is 9.61. The van der Waals surface area contributed by atoms with E-state index in [1.54, 1.807) is 86.0 Å². The molecule has 31 heavy (non-hydrogen) atoms. The zero-order valence-corrected chi connectivity index (χ0v) is 17.2. The largest absolute Gasteiger partial charge is 0.497 e. The standard InChI is InChI=1S/C25H22N2O4/c1-17(28)19-10-12-21(13-11-19)26-25(30)23(16-18-8-14-22(31-2)15-9-18)27-24(29)20-6-4-3-5-7-20/h3-16H,1-2H3,(H,26,30)(H,27,29)/b23-16+. The van der Waals surface area contributed by atoms with E-state index < -0.39 is 11.8 Å². The highest BCUT2D eigenvalue weighted by Crippen LogP contribution is 2.16. The zero-order valence-electron chi connectivity index (χ0n) is 17.2. The molecular formula is C25H22N2O4. The van der Waals surface area contributed by atoms with Gasteiger partial charge in [0.25, 0.3) is 11.8 Å². The van der Waals surface area contributed by atoms with E-state index in [2.05, 4.69) is 10.6 Å². The Morgan fingerprint density at radius 2 is 1.45 bits per heavy atom. The lowest BCUT2D eigenvalue weighted by Crippen LogP contribution is -2.30. The fourth-order valence-corrected chi connectivity index (χ4v) is 2.80. The van der Waals surface area contributed by atoms with E-state index >= 15 is 0 Å². The molecule has 156 valence electrons. The van der Waals surface area contributed by atoms with Crippen LogP contribution in [0.2, 0.25) is 0 Å². The summed E-state index contributed by atoms with van der Waals surface area (Å²) in [5, 5.41) is 5.43. The Bertz CT molecular complexity index is 1100. The summed E-state index contributed by atoms with van der Waals surface area (Å²) >= 11 is 0. The number of nitrogens with one attached hydrogen (secondary N) is 2. The number of carbonyl (C=O) groups excluding carboxylic acids is 3. The Labute approximate surface area is 180 Å². The summed E-state index contributed by atoms with van der Waals surface area (Å²) in [5.74, 6) is -0.270. The van der Waals surface area contributed by atoms with Crippen molar-refractivity contribution < 1.29 is 19.1 Å². The summed E-state index contributed by atoms with van der Waals surface area (Å²) in [6, 6.07) is 22.3. The third-order valence-corrected chi connectivity index (χ3v) is 4.50. The van der Waals surface area contributed by atoms with Gasteiger partial charge in [-0.15, -0.1) is 0 Å². The first-order chi connectivity index (χ1) is 15.0. The fraction of sp³-hybridized carbons (Fsp3) is 0.0800. The van der Waals surface area contributed by atoms with Crippen LogP contribution in [-0.4, -0.2) is 24.7 Å². The minimum absolute atomic E-state index is 0.0620. The maximum atomic E-state index is 12.9. The molecular weight excluding hydrogens is 392 g/mol. The molecule has 0 heterocycles. The molecule has 0 aliphatic rings. The molecule has 0 fully saturated rings. The van der Waals surface area contributed by atoms with Crippen molar-refractivity contribution >= 4 is 29.4 Å². The third kappa shape index (κ3) is 5.90. The summed E-state index contributed by atoms with van der Waals surface area (Å²) in [6.45, 7) is 1.47. The van der Waals surface area contributed by atoms with Crippen LogP contribution in [0.3, 0.4) is 0 Å². The van der Waals surface area contributed by atoms with Crippen molar-refractivity contribution in [1.82, 2.24) is 5.32 Å². The van der Waals surface area contributed by atoms with Crippen molar-refractivity contribution in [2.45, 2.75) is 6.92 Å². The van der Waals surface area contributed by atoms with Crippen molar-refractivity contribution in [1.29, 1.82) is 0 Å². The van der Waals surface area contributed by atoms with Crippen LogP contribution in [0.25, 0.3) is 6.08 Å². The minimum Gasteiger partial charge on any atom is -0.497 e. The monoisotopic (exact) mass is 414 g/mol. The van der Waals surface area contributed by atoms with Crippen LogP contribution in [0, 0.1) is 0 Å². The molecule has 6 nitrogen and oxygen atoms in total. The Morgan fingerprint density at radius 1 is 0.806 bits per heavy atom. The molecule has 6 heteroatoms. The Balaban J connectivity index is 1.86. The Kier molecular flexibility index (Phi) is 6.96. The number of ether oxygens (including phenoxy) is 1. The lowest BCUT2D eigenvalue weighted by molar-refractivity contribution is -0.113. The summed E-state index contributed by atoms with van der Waals surface area (Å²) < 4.78 is 5.16. The molecule has 2 N–H and O–H groups in total. The van der Waals surface area contributed by atoms with E-state index in [-0.39, 0.29) is 11.5 Å². The molecule has 3 rings (SSSR count). The van der Waals surface area contributed by atoms with Gasteiger partial charge in [0.15, 0.2) is 5.78 Å². The van der Waals surface area contributed by atoms with Crippen molar-refractivity contribution in [3.8, 4) is 5.75 Å². The highest BCUT2D eigenvalue weighted by molar-refractivity contribution is 6.10. The van der Waals surface area contributed by atoms with Crippen molar-refractivity contribution in [2.75, 3.05) is 12.4 Å². The van der Waals surface area contributed by atoms with Crippen LogP contribution in [-0.2, 0) is 4.79 Å². The lowest BCUT2D eigenvalue weighted by Gasteiger charge is -2.12. The predicted molar refractivity (Wildman–Crippen MR) is 120 cm³/mol. The van der Waals surface area contributed by atoms with E-state index in [0.29, 0.717) is 28.1 Å². The second kappa shape index (κ2) is 10.0. The number of rotatable bonds is 7. The third-order valence-electron chi connectivity index (χ3n) is 4.50.